The van der Waals surface area contributed by atoms with E-state index in [1.54, 1.807) is 0 Å². The molecule has 0 N–H and O–H groups in total. The molecule has 35 heavy (non-hydrogen) atoms. The second-order valence-electron chi connectivity index (χ2n) is 6.34. The van der Waals surface area contributed by atoms with Crippen molar-refractivity contribution >= 4 is 19.2 Å². The third-order valence-corrected chi connectivity index (χ3v) is 5.74. The highest BCUT2D eigenvalue weighted by Gasteiger charge is 2.62. The molecule has 0 heterocycles. The summed E-state index contributed by atoms with van der Waals surface area (Å²) < 4.78 is 238. The number of rotatable bonds is 12. The minimum atomic E-state index is -6.46. The Morgan fingerprint density at radius 2 is 0.629 bits per heavy atom. The fourth-order valence-electron chi connectivity index (χ4n) is 1.61. The average molecular weight is 607 g/mol. The summed E-state index contributed by atoms with van der Waals surface area (Å²) >= 11 is 4.98. The number of hydrogen-bond acceptors (Lipinski definition) is 3. The molecule has 3 atom stereocenters. The Morgan fingerprint density at radius 1 is 0.457 bits per heavy atom. The van der Waals surface area contributed by atoms with Gasteiger partial charge in [0.25, 0.3) is 18.5 Å². The third-order valence-electron chi connectivity index (χ3n) is 3.29. The molecular formula is C12H9ClF18O3Si. The second kappa shape index (κ2) is 10.9. The Labute approximate surface area is 187 Å². The maximum absolute atomic E-state index is 13.3. The summed E-state index contributed by atoms with van der Waals surface area (Å²) in [4.78, 5) is 0. The van der Waals surface area contributed by atoms with Crippen molar-refractivity contribution in [1.82, 2.24) is 0 Å². The Bertz CT molecular complexity index is 591. The van der Waals surface area contributed by atoms with Crippen LogP contribution in [-0.4, -0.2) is 82.7 Å². The topological polar surface area (TPSA) is 27.7 Å². The van der Waals surface area contributed by atoms with Gasteiger partial charge in [0, 0.05) is 0 Å². The lowest BCUT2D eigenvalue weighted by atomic mass is 10.2. The predicted molar refractivity (Wildman–Crippen MR) is 77.2 cm³/mol. The van der Waals surface area contributed by atoms with Crippen LogP contribution in [0.25, 0.3) is 0 Å². The molecule has 23 heteroatoms. The molecule has 0 bridgehead atoms. The van der Waals surface area contributed by atoms with Gasteiger partial charge in [0.15, 0.2) is 0 Å². The molecule has 212 valence electrons. The highest BCUT2D eigenvalue weighted by Crippen LogP contribution is 2.39. The minimum Gasteiger partial charge on any atom is -0.355 e. The molecular weight excluding hydrogens is 598 g/mol. The Morgan fingerprint density at radius 3 is 0.771 bits per heavy atom. The Kier molecular flexibility index (Phi) is 10.6. The van der Waals surface area contributed by atoms with Crippen LogP contribution in [0.15, 0.2) is 0 Å². The lowest BCUT2D eigenvalue weighted by Gasteiger charge is -2.31. The highest BCUT2D eigenvalue weighted by atomic mass is 35.6. The lowest BCUT2D eigenvalue weighted by Crippen LogP contribution is -2.54. The summed E-state index contributed by atoms with van der Waals surface area (Å²) in [6.45, 7) is -9.13. The molecule has 3 nitrogen and oxygen atoms in total. The van der Waals surface area contributed by atoms with Gasteiger partial charge in [-0.3, -0.25) is 0 Å². The van der Waals surface area contributed by atoms with E-state index in [4.69, 9.17) is 11.1 Å². The molecule has 0 unspecified atom stereocenters. The van der Waals surface area contributed by atoms with E-state index in [1.807, 2.05) is 0 Å². The monoisotopic (exact) mass is 606 g/mol. The third kappa shape index (κ3) is 10.2. The van der Waals surface area contributed by atoms with E-state index >= 15 is 0 Å². The summed E-state index contributed by atoms with van der Waals surface area (Å²) in [5.41, 5.74) is 0. The van der Waals surface area contributed by atoms with Gasteiger partial charge in [-0.05, 0) is 0 Å². The van der Waals surface area contributed by atoms with Crippen LogP contribution in [0.5, 0.6) is 0 Å². The zero-order valence-corrected chi connectivity index (χ0v) is 17.5. The first-order valence-corrected chi connectivity index (χ1v) is 10.7. The van der Waals surface area contributed by atoms with E-state index in [0.29, 0.717) is 0 Å². The molecule has 0 aromatic rings. The molecule has 0 fully saturated rings. The zero-order valence-electron chi connectivity index (χ0n) is 15.8. The van der Waals surface area contributed by atoms with Crippen LogP contribution in [-0.2, 0) is 13.3 Å². The molecule has 0 aromatic heterocycles. The van der Waals surface area contributed by atoms with E-state index in [2.05, 4.69) is 13.3 Å². The molecule has 0 aliphatic carbocycles. The molecule has 0 rings (SSSR count). The molecule has 0 aliphatic heterocycles. The molecule has 0 saturated heterocycles. The Hall–Kier alpha value is -0.873. The summed E-state index contributed by atoms with van der Waals surface area (Å²) in [5, 5.41) is 0. The van der Waals surface area contributed by atoms with Crippen molar-refractivity contribution in [2.75, 3.05) is 19.8 Å². The molecule has 0 spiro atoms. The van der Waals surface area contributed by atoms with Gasteiger partial charge >= 0.3 is 44.4 Å². The molecule has 0 amide bonds. The number of halogens is 19. The lowest BCUT2D eigenvalue weighted by molar-refractivity contribution is -0.259. The van der Waals surface area contributed by atoms with Crippen LogP contribution in [0, 0.1) is 0 Å². The fourth-order valence-corrected chi connectivity index (χ4v) is 3.45. The first-order valence-electron chi connectivity index (χ1n) is 7.95. The summed E-state index contributed by atoms with van der Waals surface area (Å²) in [6, 6.07) is 0. The van der Waals surface area contributed by atoms with Gasteiger partial charge in [-0.2, -0.15) is 39.5 Å². The fraction of sp³-hybridized carbons (Fsp3) is 1.00. The number of hydrogen-bond donors (Lipinski definition) is 0. The van der Waals surface area contributed by atoms with Gasteiger partial charge < -0.3 is 13.3 Å². The minimum absolute atomic E-state index is 3.04. The van der Waals surface area contributed by atoms with Crippen LogP contribution in [0.4, 0.5) is 79.0 Å². The van der Waals surface area contributed by atoms with Crippen LogP contribution < -0.4 is 0 Å². The molecule has 0 radical (unpaired) electrons. The van der Waals surface area contributed by atoms with Gasteiger partial charge in [-0.25, -0.2) is 39.5 Å². The van der Waals surface area contributed by atoms with Crippen LogP contribution >= 0.6 is 11.1 Å². The van der Waals surface area contributed by atoms with E-state index in [-0.39, 0.29) is 0 Å². The van der Waals surface area contributed by atoms with Gasteiger partial charge in [0.2, 0.25) is 0 Å². The van der Waals surface area contributed by atoms with Crippen molar-refractivity contribution in [2.45, 2.75) is 54.8 Å². The summed E-state index contributed by atoms with van der Waals surface area (Å²) in [7, 11) is -6.46. The first-order chi connectivity index (χ1) is 15.1. The van der Waals surface area contributed by atoms with E-state index in [1.165, 1.54) is 0 Å². The molecule has 0 aliphatic rings. The first kappa shape index (κ1) is 34.1. The summed E-state index contributed by atoms with van der Waals surface area (Å²) in [6.07, 6.45) is -34.4. The highest BCUT2D eigenvalue weighted by molar-refractivity contribution is 7.09. The Balaban J connectivity index is 5.83. The van der Waals surface area contributed by atoms with Crippen molar-refractivity contribution in [2.24, 2.45) is 0 Å². The predicted octanol–water partition coefficient (Wildman–Crippen LogP) is 6.32. The summed E-state index contributed by atoms with van der Waals surface area (Å²) in [5.74, 6) is -17.2. The van der Waals surface area contributed by atoms with Gasteiger partial charge in [-0.1, -0.05) is 11.1 Å². The van der Waals surface area contributed by atoms with Crippen molar-refractivity contribution < 1.29 is 92.3 Å². The van der Waals surface area contributed by atoms with Gasteiger partial charge in [0.05, 0.1) is 0 Å². The maximum atomic E-state index is 13.3. The van der Waals surface area contributed by atoms with Crippen LogP contribution in [0.2, 0.25) is 0 Å². The van der Waals surface area contributed by atoms with Gasteiger partial charge in [-0.15, -0.1) is 0 Å². The second-order valence-corrected chi connectivity index (χ2v) is 9.56. The van der Waals surface area contributed by atoms with Crippen molar-refractivity contribution in [1.29, 1.82) is 0 Å². The van der Waals surface area contributed by atoms with Gasteiger partial charge in [0.1, 0.15) is 19.8 Å². The quantitative estimate of drug-likeness (QED) is 0.148. The van der Waals surface area contributed by atoms with E-state index in [0.717, 1.165) is 0 Å². The standard InChI is InChI=1S/C12H9ClF18O3Si/c13-35(32-1-7(17,18)4(14)10(23,24)25,33-2-8(19,20)5(15)11(26,27)28)34-3-9(21,22)6(16)12(29,30)31/h4-6H,1-3H2/t4-,5-,6+/m0/s1. The van der Waals surface area contributed by atoms with Crippen molar-refractivity contribution in [3.8, 4) is 0 Å². The molecule has 0 aromatic carbocycles. The van der Waals surface area contributed by atoms with E-state index < -0.39 is 82.7 Å². The average Bonchev–Trinajstić information content (AvgIpc) is 2.66. The molecule has 0 saturated carbocycles. The number of alkyl halides is 18. The van der Waals surface area contributed by atoms with Crippen LogP contribution in [0.1, 0.15) is 0 Å². The maximum Gasteiger partial charge on any atom is 0.613 e. The SMILES string of the molecule is F[C@H](C(F)(F)F)C(F)(F)CO[Si](Cl)(OCC(F)(F)[C@H](F)C(F)(F)F)OCC(F)(F)[C@@H](F)C(F)(F)F. The normalized spacial score (nSPS) is 17.9. The largest absolute Gasteiger partial charge is 0.613 e. The van der Waals surface area contributed by atoms with Crippen LogP contribution in [0.3, 0.4) is 0 Å². The van der Waals surface area contributed by atoms with E-state index in [9.17, 15) is 79.0 Å². The zero-order chi connectivity index (χ0) is 28.5. The smallest absolute Gasteiger partial charge is 0.355 e. The van der Waals surface area contributed by atoms with Crippen molar-refractivity contribution in [3.63, 3.8) is 0 Å². The van der Waals surface area contributed by atoms with Crippen molar-refractivity contribution in [3.05, 3.63) is 0 Å².